The zero-order valence-electron chi connectivity index (χ0n) is 13.0. The standard InChI is InChI=1S/C19H27Cl/c1-3-4-5-6-7-8-9-10-11-12-14-18-15-13-16-19(20)17(18)2/h13,15-16H,3-11H2,1-2H3. The third-order valence-electron chi connectivity index (χ3n) is 3.65. The van der Waals surface area contributed by atoms with Crippen molar-refractivity contribution in [2.24, 2.45) is 0 Å². The first-order valence-electron chi connectivity index (χ1n) is 7.99. The van der Waals surface area contributed by atoms with Gasteiger partial charge in [0.2, 0.25) is 0 Å². The van der Waals surface area contributed by atoms with Crippen molar-refractivity contribution in [2.75, 3.05) is 0 Å². The zero-order chi connectivity index (χ0) is 14.6. The Balaban J connectivity index is 2.13. The third-order valence-corrected chi connectivity index (χ3v) is 4.06. The minimum atomic E-state index is 0.809. The number of benzene rings is 1. The first-order valence-corrected chi connectivity index (χ1v) is 8.37. The van der Waals surface area contributed by atoms with Gasteiger partial charge in [0.1, 0.15) is 0 Å². The van der Waals surface area contributed by atoms with Crippen LogP contribution in [0, 0.1) is 18.8 Å². The molecule has 0 aliphatic rings. The van der Waals surface area contributed by atoms with Crippen LogP contribution >= 0.6 is 11.6 Å². The molecule has 0 aromatic heterocycles. The lowest BCUT2D eigenvalue weighted by Gasteiger charge is -2.00. The minimum absolute atomic E-state index is 0.809. The molecule has 0 fully saturated rings. The smallest absolute Gasteiger partial charge is 0.0447 e. The molecule has 1 heteroatoms. The van der Waals surface area contributed by atoms with E-state index in [0.717, 1.165) is 22.6 Å². The van der Waals surface area contributed by atoms with Crippen molar-refractivity contribution in [3.63, 3.8) is 0 Å². The number of rotatable bonds is 8. The molecule has 0 aliphatic carbocycles. The van der Waals surface area contributed by atoms with Crippen LogP contribution in [-0.2, 0) is 0 Å². The molecule has 0 aliphatic heterocycles. The molecule has 0 unspecified atom stereocenters. The average molecular weight is 291 g/mol. The van der Waals surface area contributed by atoms with E-state index in [1.54, 1.807) is 0 Å². The second kappa shape index (κ2) is 10.8. The molecule has 0 spiro atoms. The number of hydrogen-bond acceptors (Lipinski definition) is 0. The van der Waals surface area contributed by atoms with Crippen molar-refractivity contribution < 1.29 is 0 Å². The van der Waals surface area contributed by atoms with E-state index in [1.807, 2.05) is 25.1 Å². The lowest BCUT2D eigenvalue weighted by molar-refractivity contribution is 0.579. The predicted molar refractivity (Wildman–Crippen MR) is 90.3 cm³/mol. The molecular weight excluding hydrogens is 264 g/mol. The summed E-state index contributed by atoms with van der Waals surface area (Å²) in [5.74, 6) is 6.51. The van der Waals surface area contributed by atoms with Crippen LogP contribution in [0.3, 0.4) is 0 Å². The van der Waals surface area contributed by atoms with Crippen LogP contribution in [-0.4, -0.2) is 0 Å². The Kier molecular flexibility index (Phi) is 9.25. The highest BCUT2D eigenvalue weighted by Crippen LogP contribution is 2.17. The Hall–Kier alpha value is -0.930. The lowest BCUT2D eigenvalue weighted by atomic mass is 10.1. The van der Waals surface area contributed by atoms with Gasteiger partial charge >= 0.3 is 0 Å². The van der Waals surface area contributed by atoms with Gasteiger partial charge in [0.25, 0.3) is 0 Å². The van der Waals surface area contributed by atoms with Crippen LogP contribution in [0.2, 0.25) is 5.02 Å². The Morgan fingerprint density at radius 2 is 1.60 bits per heavy atom. The fraction of sp³-hybridized carbons (Fsp3) is 0.579. The third kappa shape index (κ3) is 7.01. The van der Waals surface area contributed by atoms with E-state index in [0.29, 0.717) is 0 Å². The van der Waals surface area contributed by atoms with Gasteiger partial charge in [-0.15, -0.1) is 0 Å². The van der Waals surface area contributed by atoms with Gasteiger partial charge in [-0.25, -0.2) is 0 Å². The van der Waals surface area contributed by atoms with E-state index < -0.39 is 0 Å². The molecule has 0 saturated carbocycles. The summed E-state index contributed by atoms with van der Waals surface area (Å²) >= 11 is 6.08. The van der Waals surface area contributed by atoms with E-state index in [2.05, 4.69) is 18.8 Å². The van der Waals surface area contributed by atoms with Gasteiger partial charge in [-0.2, -0.15) is 0 Å². The number of unbranched alkanes of at least 4 members (excludes halogenated alkanes) is 8. The maximum absolute atomic E-state index is 6.08. The summed E-state index contributed by atoms with van der Waals surface area (Å²) in [6.45, 7) is 4.29. The zero-order valence-corrected chi connectivity index (χ0v) is 13.7. The van der Waals surface area contributed by atoms with E-state index in [-0.39, 0.29) is 0 Å². The van der Waals surface area contributed by atoms with E-state index in [1.165, 1.54) is 51.4 Å². The maximum atomic E-state index is 6.08. The molecule has 20 heavy (non-hydrogen) atoms. The largest absolute Gasteiger partial charge is 0.0979 e. The van der Waals surface area contributed by atoms with Gasteiger partial charge in [0.15, 0.2) is 0 Å². The van der Waals surface area contributed by atoms with Gasteiger partial charge in [0.05, 0.1) is 0 Å². The summed E-state index contributed by atoms with van der Waals surface area (Å²) in [7, 11) is 0. The molecule has 0 atom stereocenters. The summed E-state index contributed by atoms with van der Waals surface area (Å²) in [6, 6.07) is 5.93. The molecule has 0 N–H and O–H groups in total. The van der Waals surface area contributed by atoms with Crippen LogP contribution in [0.5, 0.6) is 0 Å². The van der Waals surface area contributed by atoms with Gasteiger partial charge in [-0.1, -0.05) is 81.4 Å². The summed E-state index contributed by atoms with van der Waals surface area (Å²) in [5.41, 5.74) is 2.16. The molecule has 0 nitrogen and oxygen atoms in total. The molecular formula is C19H27Cl. The summed E-state index contributed by atoms with van der Waals surface area (Å²) in [4.78, 5) is 0. The normalized spacial score (nSPS) is 10.2. The Bertz CT molecular complexity index is 437. The molecule has 0 radical (unpaired) electrons. The van der Waals surface area contributed by atoms with Crippen molar-refractivity contribution in [3.05, 3.63) is 34.3 Å². The Labute approximate surface area is 129 Å². The van der Waals surface area contributed by atoms with Gasteiger partial charge in [-0.3, -0.25) is 0 Å². The second-order valence-corrected chi connectivity index (χ2v) is 5.85. The fourth-order valence-corrected chi connectivity index (χ4v) is 2.42. The summed E-state index contributed by atoms with van der Waals surface area (Å²) < 4.78 is 0. The second-order valence-electron chi connectivity index (χ2n) is 5.44. The van der Waals surface area contributed by atoms with Gasteiger partial charge in [0, 0.05) is 17.0 Å². The first kappa shape index (κ1) is 17.1. The van der Waals surface area contributed by atoms with Crippen molar-refractivity contribution in [1.29, 1.82) is 0 Å². The molecule has 0 bridgehead atoms. The van der Waals surface area contributed by atoms with Crippen molar-refractivity contribution >= 4 is 11.6 Å². The molecule has 0 heterocycles. The van der Waals surface area contributed by atoms with Crippen LogP contribution in [0.4, 0.5) is 0 Å². The summed E-state index contributed by atoms with van der Waals surface area (Å²) in [6.07, 6.45) is 11.8. The van der Waals surface area contributed by atoms with Crippen molar-refractivity contribution in [2.45, 2.75) is 71.6 Å². The SMILES string of the molecule is CCCCCCCCCCC#Cc1cccc(Cl)c1C. The lowest BCUT2D eigenvalue weighted by Crippen LogP contribution is -1.83. The molecule has 1 aromatic carbocycles. The number of hydrogen-bond donors (Lipinski definition) is 0. The molecule has 0 amide bonds. The maximum Gasteiger partial charge on any atom is 0.0447 e. The highest BCUT2D eigenvalue weighted by molar-refractivity contribution is 6.31. The van der Waals surface area contributed by atoms with Crippen molar-refractivity contribution in [3.8, 4) is 11.8 Å². The van der Waals surface area contributed by atoms with Gasteiger partial charge < -0.3 is 0 Å². The van der Waals surface area contributed by atoms with Crippen molar-refractivity contribution in [1.82, 2.24) is 0 Å². The van der Waals surface area contributed by atoms with E-state index in [9.17, 15) is 0 Å². The van der Waals surface area contributed by atoms with Crippen LogP contribution < -0.4 is 0 Å². The quantitative estimate of drug-likeness (QED) is 0.377. The van der Waals surface area contributed by atoms with E-state index >= 15 is 0 Å². The van der Waals surface area contributed by atoms with E-state index in [4.69, 9.17) is 11.6 Å². The average Bonchev–Trinajstić information content (AvgIpc) is 2.45. The number of halogens is 1. The highest BCUT2D eigenvalue weighted by Gasteiger charge is 1.97. The van der Waals surface area contributed by atoms with Crippen LogP contribution in [0.15, 0.2) is 18.2 Å². The predicted octanol–water partition coefficient (Wildman–Crippen LogP) is 6.53. The fourth-order valence-electron chi connectivity index (χ4n) is 2.25. The monoisotopic (exact) mass is 290 g/mol. The Morgan fingerprint density at radius 1 is 0.950 bits per heavy atom. The molecule has 1 aromatic rings. The highest BCUT2D eigenvalue weighted by atomic mass is 35.5. The molecule has 1 rings (SSSR count). The van der Waals surface area contributed by atoms with Gasteiger partial charge in [-0.05, 0) is 31.0 Å². The minimum Gasteiger partial charge on any atom is -0.0979 e. The van der Waals surface area contributed by atoms with Crippen LogP contribution in [0.25, 0.3) is 0 Å². The summed E-state index contributed by atoms with van der Waals surface area (Å²) in [5, 5.41) is 0.809. The topological polar surface area (TPSA) is 0 Å². The molecule has 0 saturated heterocycles. The Morgan fingerprint density at radius 3 is 2.30 bits per heavy atom. The molecule has 110 valence electrons. The first-order chi connectivity index (χ1) is 9.75. The van der Waals surface area contributed by atoms with Crippen LogP contribution in [0.1, 0.15) is 75.8 Å².